The van der Waals surface area contributed by atoms with Crippen LogP contribution in [0, 0.1) is 0 Å². The van der Waals surface area contributed by atoms with E-state index in [1.165, 1.54) is 6.07 Å². The van der Waals surface area contributed by atoms with Gasteiger partial charge in [-0.2, -0.15) is 0 Å². The molecule has 20 heavy (non-hydrogen) atoms. The molecule has 0 bridgehead atoms. The van der Waals surface area contributed by atoms with E-state index in [4.69, 9.17) is 21.4 Å². The van der Waals surface area contributed by atoms with E-state index in [9.17, 15) is 4.79 Å². The number of hydrogen-bond acceptors (Lipinski definition) is 2. The zero-order valence-electron chi connectivity index (χ0n) is 11.1. The summed E-state index contributed by atoms with van der Waals surface area (Å²) in [7, 11) is 0. The Bertz CT molecular complexity index is 606. The molecule has 0 aromatic heterocycles. The summed E-state index contributed by atoms with van der Waals surface area (Å²) in [5.74, 6) is -0.174. The number of carboxylic acid groups (broad SMARTS) is 1. The number of hydrogen-bond donors (Lipinski definition) is 1. The van der Waals surface area contributed by atoms with E-state index in [-0.39, 0.29) is 5.56 Å². The van der Waals surface area contributed by atoms with Gasteiger partial charge in [0.15, 0.2) is 0 Å². The fraction of sp³-hybridized carbons (Fsp3) is 0.188. The van der Waals surface area contributed by atoms with Crippen LogP contribution in [0.3, 0.4) is 0 Å². The summed E-state index contributed by atoms with van der Waals surface area (Å²) in [4.78, 5) is 11.0. The standard InChI is InChI=1S/C16H15ClO3/c1-2-9-20-13-6-3-11(4-7-13)14-10-12(16(18)19)5-8-15(14)17/h3-8,10H,2,9H2,1H3,(H,18,19). The third-order valence-electron chi connectivity index (χ3n) is 2.85. The molecule has 0 radical (unpaired) electrons. The number of benzene rings is 2. The van der Waals surface area contributed by atoms with E-state index < -0.39 is 5.97 Å². The molecule has 0 heterocycles. The second-order valence-electron chi connectivity index (χ2n) is 4.37. The van der Waals surface area contributed by atoms with Gasteiger partial charge in [0.05, 0.1) is 12.2 Å². The fourth-order valence-corrected chi connectivity index (χ4v) is 2.06. The summed E-state index contributed by atoms with van der Waals surface area (Å²) in [5.41, 5.74) is 1.78. The summed E-state index contributed by atoms with van der Waals surface area (Å²) < 4.78 is 5.51. The highest BCUT2D eigenvalue weighted by molar-refractivity contribution is 6.33. The number of ether oxygens (including phenoxy) is 1. The van der Waals surface area contributed by atoms with Gasteiger partial charge in [-0.05, 0) is 42.3 Å². The van der Waals surface area contributed by atoms with Crippen LogP contribution in [-0.2, 0) is 0 Å². The van der Waals surface area contributed by atoms with Crippen LogP contribution >= 0.6 is 11.6 Å². The second-order valence-corrected chi connectivity index (χ2v) is 4.78. The molecule has 0 fully saturated rings. The van der Waals surface area contributed by atoms with Crippen LogP contribution in [0.25, 0.3) is 11.1 Å². The maximum absolute atomic E-state index is 11.0. The Kier molecular flexibility index (Phi) is 4.64. The molecule has 1 N–H and O–H groups in total. The molecule has 0 unspecified atom stereocenters. The van der Waals surface area contributed by atoms with Crippen molar-refractivity contribution in [1.82, 2.24) is 0 Å². The Balaban J connectivity index is 2.31. The van der Waals surface area contributed by atoms with Gasteiger partial charge in [0.25, 0.3) is 0 Å². The Morgan fingerprint density at radius 1 is 1.20 bits per heavy atom. The van der Waals surface area contributed by atoms with Gasteiger partial charge < -0.3 is 9.84 Å². The SMILES string of the molecule is CCCOc1ccc(-c2cc(C(=O)O)ccc2Cl)cc1. The van der Waals surface area contributed by atoms with Crippen molar-refractivity contribution in [3.63, 3.8) is 0 Å². The van der Waals surface area contributed by atoms with Crippen molar-refractivity contribution in [1.29, 1.82) is 0 Å². The van der Waals surface area contributed by atoms with Crippen molar-refractivity contribution >= 4 is 17.6 Å². The highest BCUT2D eigenvalue weighted by atomic mass is 35.5. The van der Waals surface area contributed by atoms with Crippen molar-refractivity contribution in [3.8, 4) is 16.9 Å². The van der Waals surface area contributed by atoms with Crippen molar-refractivity contribution in [2.75, 3.05) is 6.61 Å². The molecule has 0 saturated carbocycles. The molecule has 0 amide bonds. The third kappa shape index (κ3) is 3.31. The Morgan fingerprint density at radius 2 is 1.90 bits per heavy atom. The molecule has 104 valence electrons. The molecule has 0 atom stereocenters. The normalized spacial score (nSPS) is 10.3. The van der Waals surface area contributed by atoms with Crippen LogP contribution in [0.15, 0.2) is 42.5 Å². The molecule has 0 saturated heterocycles. The first-order valence-electron chi connectivity index (χ1n) is 6.38. The summed E-state index contributed by atoms with van der Waals surface area (Å²) in [6.07, 6.45) is 0.953. The van der Waals surface area contributed by atoms with E-state index in [2.05, 4.69) is 0 Å². The predicted octanol–water partition coefficient (Wildman–Crippen LogP) is 4.49. The van der Waals surface area contributed by atoms with Gasteiger partial charge in [0.2, 0.25) is 0 Å². The van der Waals surface area contributed by atoms with Gasteiger partial charge in [0.1, 0.15) is 5.75 Å². The number of carbonyl (C=O) groups is 1. The monoisotopic (exact) mass is 290 g/mol. The van der Waals surface area contributed by atoms with Gasteiger partial charge in [0, 0.05) is 10.6 Å². The smallest absolute Gasteiger partial charge is 0.335 e. The van der Waals surface area contributed by atoms with Gasteiger partial charge in [-0.25, -0.2) is 4.79 Å². The molecular formula is C16H15ClO3. The van der Waals surface area contributed by atoms with Gasteiger partial charge in [-0.1, -0.05) is 30.7 Å². The molecular weight excluding hydrogens is 276 g/mol. The van der Waals surface area contributed by atoms with Crippen LogP contribution in [0.4, 0.5) is 0 Å². The van der Waals surface area contributed by atoms with Crippen LogP contribution in [0.2, 0.25) is 5.02 Å². The van der Waals surface area contributed by atoms with Crippen LogP contribution in [-0.4, -0.2) is 17.7 Å². The average molecular weight is 291 g/mol. The second kappa shape index (κ2) is 6.44. The number of aromatic carboxylic acids is 1. The summed E-state index contributed by atoms with van der Waals surface area (Å²) in [6, 6.07) is 12.1. The average Bonchev–Trinajstić information content (AvgIpc) is 2.46. The lowest BCUT2D eigenvalue weighted by atomic mass is 10.0. The first-order valence-corrected chi connectivity index (χ1v) is 6.75. The molecule has 0 aliphatic heterocycles. The van der Waals surface area contributed by atoms with E-state index in [0.717, 1.165) is 17.7 Å². The topological polar surface area (TPSA) is 46.5 Å². The Labute approximate surface area is 122 Å². The maximum Gasteiger partial charge on any atom is 0.335 e. The largest absolute Gasteiger partial charge is 0.494 e. The lowest BCUT2D eigenvalue weighted by molar-refractivity contribution is 0.0697. The molecule has 0 spiro atoms. The van der Waals surface area contributed by atoms with E-state index in [1.54, 1.807) is 12.1 Å². The van der Waals surface area contributed by atoms with Crippen LogP contribution in [0.5, 0.6) is 5.75 Å². The lowest BCUT2D eigenvalue weighted by Crippen LogP contribution is -1.97. The third-order valence-corrected chi connectivity index (χ3v) is 3.18. The van der Waals surface area contributed by atoms with E-state index in [0.29, 0.717) is 17.2 Å². The van der Waals surface area contributed by atoms with Crippen molar-refractivity contribution in [2.45, 2.75) is 13.3 Å². The molecule has 0 aliphatic carbocycles. The first-order chi connectivity index (χ1) is 9.61. The minimum atomic E-state index is -0.967. The quantitative estimate of drug-likeness (QED) is 0.882. The Hall–Kier alpha value is -2.00. The summed E-state index contributed by atoms with van der Waals surface area (Å²) in [6.45, 7) is 2.72. The van der Waals surface area contributed by atoms with E-state index in [1.807, 2.05) is 31.2 Å². The highest BCUT2D eigenvalue weighted by Gasteiger charge is 2.09. The lowest BCUT2D eigenvalue weighted by Gasteiger charge is -2.08. The first kappa shape index (κ1) is 14.4. The minimum absolute atomic E-state index is 0.218. The number of halogens is 1. The number of rotatable bonds is 5. The molecule has 0 aliphatic rings. The van der Waals surface area contributed by atoms with Gasteiger partial charge in [-0.15, -0.1) is 0 Å². The Morgan fingerprint density at radius 3 is 2.50 bits per heavy atom. The zero-order valence-corrected chi connectivity index (χ0v) is 11.9. The highest BCUT2D eigenvalue weighted by Crippen LogP contribution is 2.30. The zero-order chi connectivity index (χ0) is 14.5. The minimum Gasteiger partial charge on any atom is -0.494 e. The van der Waals surface area contributed by atoms with Crippen LogP contribution in [0.1, 0.15) is 23.7 Å². The summed E-state index contributed by atoms with van der Waals surface area (Å²) in [5, 5.41) is 9.55. The van der Waals surface area contributed by atoms with Crippen molar-refractivity contribution in [3.05, 3.63) is 53.1 Å². The molecule has 2 aromatic rings. The molecule has 4 heteroatoms. The van der Waals surface area contributed by atoms with Crippen molar-refractivity contribution in [2.24, 2.45) is 0 Å². The molecule has 2 aromatic carbocycles. The van der Waals surface area contributed by atoms with Crippen molar-refractivity contribution < 1.29 is 14.6 Å². The van der Waals surface area contributed by atoms with E-state index >= 15 is 0 Å². The molecule has 3 nitrogen and oxygen atoms in total. The van der Waals surface area contributed by atoms with Gasteiger partial charge in [-0.3, -0.25) is 0 Å². The molecule has 2 rings (SSSR count). The predicted molar refractivity (Wildman–Crippen MR) is 79.6 cm³/mol. The van der Waals surface area contributed by atoms with Crippen LogP contribution < -0.4 is 4.74 Å². The summed E-state index contributed by atoms with van der Waals surface area (Å²) >= 11 is 6.13. The maximum atomic E-state index is 11.0. The van der Waals surface area contributed by atoms with Gasteiger partial charge >= 0.3 is 5.97 Å². The fourth-order valence-electron chi connectivity index (χ4n) is 1.83. The number of carboxylic acids is 1.